The Balaban J connectivity index is 1.46. The van der Waals surface area contributed by atoms with Gasteiger partial charge in [-0.2, -0.15) is 0 Å². The van der Waals surface area contributed by atoms with Crippen LogP contribution in [0.2, 0.25) is 0 Å². The monoisotopic (exact) mass is 409 g/mol. The highest BCUT2D eigenvalue weighted by molar-refractivity contribution is 5.79. The van der Waals surface area contributed by atoms with Crippen molar-refractivity contribution < 1.29 is 19.0 Å². The number of hydrogen-bond donors (Lipinski definition) is 1. The van der Waals surface area contributed by atoms with Crippen LogP contribution in [0.4, 0.5) is 0 Å². The van der Waals surface area contributed by atoms with Crippen molar-refractivity contribution in [3.8, 4) is 17.2 Å². The van der Waals surface area contributed by atoms with Crippen LogP contribution < -0.4 is 14.9 Å². The van der Waals surface area contributed by atoms with E-state index in [1.165, 1.54) is 19.1 Å². The summed E-state index contributed by atoms with van der Waals surface area (Å²) in [7, 11) is 0. The molecule has 0 spiro atoms. The minimum Gasteiger partial charge on any atom is -0.491 e. The molecule has 1 aliphatic heterocycles. The second kappa shape index (κ2) is 8.90. The SMILES string of the molecule is Cc1cc(C)cc(Oc2coc3cc(OC[C@@H](O)CN4CCCC4)ccc3c2=O)c1. The molecule has 0 amide bonds. The molecule has 1 saturated heterocycles. The minimum atomic E-state index is -0.556. The van der Waals surface area contributed by atoms with Gasteiger partial charge in [0.25, 0.3) is 0 Å². The first-order valence-corrected chi connectivity index (χ1v) is 10.3. The van der Waals surface area contributed by atoms with Crippen molar-refractivity contribution >= 4 is 11.0 Å². The molecular weight excluding hydrogens is 382 g/mol. The van der Waals surface area contributed by atoms with Crippen LogP contribution in [0, 0.1) is 13.8 Å². The molecule has 0 radical (unpaired) electrons. The highest BCUT2D eigenvalue weighted by atomic mass is 16.5. The molecular formula is C24H27NO5. The van der Waals surface area contributed by atoms with E-state index in [0.717, 1.165) is 24.2 Å². The van der Waals surface area contributed by atoms with Crippen LogP contribution in [0.15, 0.2) is 51.9 Å². The molecule has 30 heavy (non-hydrogen) atoms. The first-order valence-electron chi connectivity index (χ1n) is 10.3. The molecule has 6 heteroatoms. The number of aliphatic hydroxyl groups is 1. The van der Waals surface area contributed by atoms with Gasteiger partial charge >= 0.3 is 0 Å². The summed E-state index contributed by atoms with van der Waals surface area (Å²) in [6.07, 6.45) is 3.15. The highest BCUT2D eigenvalue weighted by Gasteiger charge is 2.16. The molecule has 1 N–H and O–H groups in total. The number of aliphatic hydroxyl groups excluding tert-OH is 1. The second-order valence-corrected chi connectivity index (χ2v) is 7.99. The number of fused-ring (bicyclic) bond motifs is 1. The third-order valence-electron chi connectivity index (χ3n) is 5.25. The lowest BCUT2D eigenvalue weighted by molar-refractivity contribution is 0.0758. The molecule has 1 aliphatic rings. The van der Waals surface area contributed by atoms with E-state index in [0.29, 0.717) is 29.0 Å². The lowest BCUT2D eigenvalue weighted by Crippen LogP contribution is -2.33. The standard InChI is InChI=1S/C24H27NO5/c1-16-9-17(2)11-20(10-16)30-23-15-29-22-12-19(5-6-21(22)24(23)27)28-14-18(26)13-25-7-3-4-8-25/h5-6,9-12,15,18,26H,3-4,7-8,13-14H2,1-2H3/t18-/m0/s1. The number of ether oxygens (including phenoxy) is 2. The summed E-state index contributed by atoms with van der Waals surface area (Å²) in [5, 5.41) is 10.6. The molecule has 0 unspecified atom stereocenters. The molecule has 0 saturated carbocycles. The fraction of sp³-hybridized carbons (Fsp3) is 0.375. The van der Waals surface area contributed by atoms with Crippen LogP contribution in [0.5, 0.6) is 17.2 Å². The molecule has 6 nitrogen and oxygen atoms in total. The number of aryl methyl sites for hydroxylation is 2. The van der Waals surface area contributed by atoms with Crippen LogP contribution in [0.3, 0.4) is 0 Å². The molecule has 1 fully saturated rings. The van der Waals surface area contributed by atoms with Gasteiger partial charge < -0.3 is 23.9 Å². The number of rotatable bonds is 7. The third kappa shape index (κ3) is 4.83. The topological polar surface area (TPSA) is 72.1 Å². The van der Waals surface area contributed by atoms with Gasteiger partial charge in [0.2, 0.25) is 11.2 Å². The lowest BCUT2D eigenvalue weighted by atomic mass is 10.1. The van der Waals surface area contributed by atoms with Crippen molar-refractivity contribution in [1.82, 2.24) is 4.90 Å². The Hall–Kier alpha value is -2.83. The average Bonchev–Trinajstić information content (AvgIpc) is 3.21. The molecule has 0 aliphatic carbocycles. The quantitative estimate of drug-likeness (QED) is 0.635. The van der Waals surface area contributed by atoms with E-state index in [9.17, 15) is 9.90 Å². The van der Waals surface area contributed by atoms with E-state index in [2.05, 4.69) is 4.90 Å². The fourth-order valence-corrected chi connectivity index (χ4v) is 3.88. The van der Waals surface area contributed by atoms with Gasteiger partial charge in [0.15, 0.2) is 0 Å². The molecule has 1 atom stereocenters. The second-order valence-electron chi connectivity index (χ2n) is 7.99. The van der Waals surface area contributed by atoms with Gasteiger partial charge in [-0.05, 0) is 75.2 Å². The molecule has 0 bridgehead atoms. The summed E-state index contributed by atoms with van der Waals surface area (Å²) in [5.74, 6) is 1.29. The highest BCUT2D eigenvalue weighted by Crippen LogP contribution is 2.25. The zero-order chi connectivity index (χ0) is 21.1. The minimum absolute atomic E-state index is 0.141. The summed E-state index contributed by atoms with van der Waals surface area (Å²) in [5.41, 5.74) is 2.29. The van der Waals surface area contributed by atoms with Crippen LogP contribution in [-0.2, 0) is 0 Å². The zero-order valence-corrected chi connectivity index (χ0v) is 17.4. The van der Waals surface area contributed by atoms with Crippen molar-refractivity contribution in [1.29, 1.82) is 0 Å². The molecule has 2 aromatic carbocycles. The van der Waals surface area contributed by atoms with Crippen molar-refractivity contribution in [2.45, 2.75) is 32.8 Å². The Labute approximate surface area is 175 Å². The number of likely N-dealkylation sites (tertiary alicyclic amines) is 1. The normalized spacial score (nSPS) is 15.4. The van der Waals surface area contributed by atoms with Gasteiger partial charge in [-0.15, -0.1) is 0 Å². The molecule has 1 aromatic heterocycles. The Morgan fingerprint density at radius 2 is 1.80 bits per heavy atom. The summed E-state index contributed by atoms with van der Waals surface area (Å²) >= 11 is 0. The van der Waals surface area contributed by atoms with E-state index in [4.69, 9.17) is 13.9 Å². The summed E-state index contributed by atoms with van der Waals surface area (Å²) < 4.78 is 17.1. The Morgan fingerprint density at radius 3 is 2.53 bits per heavy atom. The maximum Gasteiger partial charge on any atom is 0.235 e. The Morgan fingerprint density at radius 1 is 1.07 bits per heavy atom. The van der Waals surface area contributed by atoms with Crippen LogP contribution in [0.25, 0.3) is 11.0 Å². The van der Waals surface area contributed by atoms with Crippen molar-refractivity contribution in [2.24, 2.45) is 0 Å². The summed E-state index contributed by atoms with van der Waals surface area (Å²) in [6.45, 7) is 6.83. The first kappa shape index (κ1) is 20.4. The van der Waals surface area contributed by atoms with Crippen LogP contribution in [-0.4, -0.2) is 42.4 Å². The van der Waals surface area contributed by atoms with E-state index >= 15 is 0 Å². The van der Waals surface area contributed by atoms with Crippen molar-refractivity contribution in [3.63, 3.8) is 0 Å². The van der Waals surface area contributed by atoms with Crippen LogP contribution >= 0.6 is 0 Å². The van der Waals surface area contributed by atoms with E-state index in [1.54, 1.807) is 18.2 Å². The average molecular weight is 409 g/mol. The van der Waals surface area contributed by atoms with Gasteiger partial charge in [-0.3, -0.25) is 4.79 Å². The van der Waals surface area contributed by atoms with Crippen molar-refractivity contribution in [3.05, 3.63) is 64.0 Å². The van der Waals surface area contributed by atoms with Crippen molar-refractivity contribution in [2.75, 3.05) is 26.2 Å². The zero-order valence-electron chi connectivity index (χ0n) is 17.4. The fourth-order valence-electron chi connectivity index (χ4n) is 3.88. The summed E-state index contributed by atoms with van der Waals surface area (Å²) in [6, 6.07) is 10.8. The predicted octanol–water partition coefficient (Wildman–Crippen LogP) is 4.04. The molecule has 2 heterocycles. The van der Waals surface area contributed by atoms with Gasteiger partial charge in [-0.1, -0.05) is 6.07 Å². The number of benzene rings is 2. The molecule has 4 rings (SSSR count). The Bertz CT molecular complexity index is 1060. The summed E-state index contributed by atoms with van der Waals surface area (Å²) in [4.78, 5) is 15.0. The maximum absolute atomic E-state index is 12.8. The predicted molar refractivity (Wildman–Crippen MR) is 116 cm³/mol. The van der Waals surface area contributed by atoms with Gasteiger partial charge in [-0.25, -0.2) is 0 Å². The maximum atomic E-state index is 12.8. The van der Waals surface area contributed by atoms with Gasteiger partial charge in [0.1, 0.15) is 36.1 Å². The van der Waals surface area contributed by atoms with Gasteiger partial charge in [0, 0.05) is 12.6 Å². The Kier molecular flexibility index (Phi) is 6.06. The van der Waals surface area contributed by atoms with Gasteiger partial charge in [0.05, 0.1) is 5.39 Å². The van der Waals surface area contributed by atoms with Crippen LogP contribution in [0.1, 0.15) is 24.0 Å². The van der Waals surface area contributed by atoms with E-state index in [-0.39, 0.29) is 17.8 Å². The molecule has 158 valence electrons. The third-order valence-corrected chi connectivity index (χ3v) is 5.25. The largest absolute Gasteiger partial charge is 0.491 e. The smallest absolute Gasteiger partial charge is 0.235 e. The van der Waals surface area contributed by atoms with E-state index in [1.807, 2.05) is 32.0 Å². The van der Waals surface area contributed by atoms with E-state index < -0.39 is 6.10 Å². The molecule has 3 aromatic rings. The lowest BCUT2D eigenvalue weighted by Gasteiger charge is -2.19. The first-order chi connectivity index (χ1) is 14.5. The number of nitrogens with zero attached hydrogens (tertiary/aromatic N) is 1. The number of β-amino-alcohol motifs (C(OH)–C–C–N with tert-alkyl or cyclic N) is 1. The number of hydrogen-bond acceptors (Lipinski definition) is 6.